The van der Waals surface area contributed by atoms with Crippen LogP contribution in [-0.2, 0) is 11.2 Å². The monoisotopic (exact) mass is 440 g/mol. The van der Waals surface area contributed by atoms with Crippen LogP contribution in [0.5, 0.6) is 0 Å². The van der Waals surface area contributed by atoms with Crippen LogP contribution >= 0.6 is 11.3 Å². The van der Waals surface area contributed by atoms with E-state index in [0.29, 0.717) is 12.1 Å². The van der Waals surface area contributed by atoms with Crippen molar-refractivity contribution >= 4 is 34.4 Å². The Labute approximate surface area is 187 Å². The number of nitrogens with two attached hydrogens (primary N) is 2. The number of carbonyl (C=O) groups is 1. The number of allylic oxidation sites excluding steroid dienone is 4. The second-order valence-corrected chi connectivity index (χ2v) is 7.89. The summed E-state index contributed by atoms with van der Waals surface area (Å²) in [5, 5.41) is 26.5. The number of fused-ring (bicyclic) bond motifs is 1. The minimum absolute atomic E-state index is 0.0675. The van der Waals surface area contributed by atoms with Gasteiger partial charge in [-0.2, -0.15) is 0 Å². The Hall–Kier alpha value is -2.85. The van der Waals surface area contributed by atoms with E-state index in [9.17, 15) is 14.8 Å². The van der Waals surface area contributed by atoms with Gasteiger partial charge in [-0.05, 0) is 41.3 Å². The summed E-state index contributed by atoms with van der Waals surface area (Å²) in [6, 6.07) is 7.88. The lowest BCUT2D eigenvalue weighted by Gasteiger charge is -2.19. The molecule has 0 fully saturated rings. The fourth-order valence-electron chi connectivity index (χ4n) is 3.04. The van der Waals surface area contributed by atoms with Gasteiger partial charge in [0, 0.05) is 23.9 Å². The second kappa shape index (κ2) is 12.1. The third-order valence-electron chi connectivity index (χ3n) is 4.59. The van der Waals surface area contributed by atoms with Crippen LogP contribution in [0.1, 0.15) is 18.9 Å². The van der Waals surface area contributed by atoms with Gasteiger partial charge < -0.3 is 26.1 Å². The Morgan fingerprint density at radius 3 is 2.81 bits per heavy atom. The van der Waals surface area contributed by atoms with Crippen LogP contribution < -0.4 is 16.9 Å². The molecular weight excluding hydrogens is 411 g/mol. The molecule has 1 heterocycles. The summed E-state index contributed by atoms with van der Waals surface area (Å²) >= 11 is 1.58. The lowest BCUT2D eigenvalue weighted by Crippen LogP contribution is -2.48. The van der Waals surface area contributed by atoms with E-state index >= 15 is 0 Å². The molecule has 164 valence electrons. The van der Waals surface area contributed by atoms with Crippen molar-refractivity contribution in [2.45, 2.75) is 25.7 Å². The second-order valence-electron chi connectivity index (χ2n) is 6.98. The van der Waals surface area contributed by atoms with Gasteiger partial charge in [0.1, 0.15) is 0 Å². The van der Waals surface area contributed by atoms with Crippen LogP contribution in [0, 0.1) is 0 Å². The first-order chi connectivity index (χ1) is 14.8. The van der Waals surface area contributed by atoms with Gasteiger partial charge in [0.05, 0.1) is 11.6 Å². The van der Waals surface area contributed by atoms with Crippen molar-refractivity contribution in [3.05, 3.63) is 83.6 Å². The van der Waals surface area contributed by atoms with E-state index in [2.05, 4.69) is 11.9 Å². The summed E-state index contributed by atoms with van der Waals surface area (Å²) in [6.45, 7) is 5.74. The zero-order chi connectivity index (χ0) is 22.8. The fourth-order valence-corrected chi connectivity index (χ4v) is 4.02. The van der Waals surface area contributed by atoms with E-state index in [1.807, 2.05) is 48.7 Å². The van der Waals surface area contributed by atoms with Gasteiger partial charge in [-0.1, -0.05) is 49.1 Å². The molecule has 1 aromatic heterocycles. The highest BCUT2D eigenvalue weighted by Crippen LogP contribution is 2.26. The Bertz CT molecular complexity index is 984. The molecule has 0 saturated carbocycles. The zero-order valence-electron chi connectivity index (χ0n) is 17.6. The standard InChI is InChI=1S/C22H29BN4O3S/c1-3-7-16(8-4-2)19(24)14-27(25)12-11-22(28)26-21(23(29)30)13-17-15-31-20-10-6-5-9-18(17)20/h3-10,14-15,21,29-30H,1,11-13,24-25H2,2H3,(H,26,28)/b8-4-,16-7+,19-14-/t21-/m0/s1. The summed E-state index contributed by atoms with van der Waals surface area (Å²) in [5.74, 6) is 4.78. The van der Waals surface area contributed by atoms with E-state index in [0.717, 1.165) is 21.2 Å². The fraction of sp³-hybridized carbons (Fsp3) is 0.227. The average Bonchev–Trinajstić information content (AvgIpc) is 3.14. The van der Waals surface area contributed by atoms with Crippen molar-refractivity contribution in [2.75, 3.05) is 6.54 Å². The van der Waals surface area contributed by atoms with Gasteiger partial charge in [-0.3, -0.25) is 4.79 Å². The van der Waals surface area contributed by atoms with E-state index in [1.54, 1.807) is 29.7 Å². The lowest BCUT2D eigenvalue weighted by molar-refractivity contribution is -0.121. The summed E-state index contributed by atoms with van der Waals surface area (Å²) in [4.78, 5) is 12.4. The largest absolute Gasteiger partial charge is 0.475 e. The van der Waals surface area contributed by atoms with Crippen molar-refractivity contribution < 1.29 is 14.8 Å². The van der Waals surface area contributed by atoms with Crippen LogP contribution in [0.2, 0.25) is 0 Å². The van der Waals surface area contributed by atoms with Gasteiger partial charge in [-0.25, -0.2) is 5.84 Å². The highest BCUT2D eigenvalue weighted by Gasteiger charge is 2.26. The maximum absolute atomic E-state index is 12.4. The first-order valence-electron chi connectivity index (χ1n) is 9.90. The van der Waals surface area contributed by atoms with Crippen LogP contribution in [0.3, 0.4) is 0 Å². The highest BCUT2D eigenvalue weighted by atomic mass is 32.1. The number of carbonyl (C=O) groups excluding carboxylic acids is 1. The Morgan fingerprint density at radius 2 is 2.13 bits per heavy atom. The maximum atomic E-state index is 12.4. The molecule has 0 spiro atoms. The predicted octanol–water partition coefficient (Wildman–Crippen LogP) is 2.00. The third kappa shape index (κ3) is 7.41. The normalized spacial score (nSPS) is 13.4. The summed E-state index contributed by atoms with van der Waals surface area (Å²) in [6.07, 6.45) is 8.98. The third-order valence-corrected chi connectivity index (χ3v) is 5.60. The number of nitrogens with one attached hydrogen (secondary N) is 1. The number of hydrogen-bond acceptors (Lipinski definition) is 7. The molecule has 7 N–H and O–H groups in total. The molecule has 1 atom stereocenters. The van der Waals surface area contributed by atoms with Gasteiger partial charge in [0.15, 0.2) is 0 Å². The predicted molar refractivity (Wildman–Crippen MR) is 129 cm³/mol. The van der Waals surface area contributed by atoms with Gasteiger partial charge in [0.2, 0.25) is 5.91 Å². The van der Waals surface area contributed by atoms with Crippen molar-refractivity contribution in [1.29, 1.82) is 0 Å². The van der Waals surface area contributed by atoms with Crippen molar-refractivity contribution in [2.24, 2.45) is 11.6 Å². The van der Waals surface area contributed by atoms with Gasteiger partial charge >= 0.3 is 7.12 Å². The molecule has 2 rings (SSSR count). The van der Waals surface area contributed by atoms with E-state index in [4.69, 9.17) is 11.6 Å². The zero-order valence-corrected chi connectivity index (χ0v) is 18.4. The molecule has 1 amide bonds. The molecule has 9 heteroatoms. The van der Waals surface area contributed by atoms with E-state index < -0.39 is 13.1 Å². The molecule has 2 aromatic rings. The quantitative estimate of drug-likeness (QED) is 0.158. The van der Waals surface area contributed by atoms with Crippen molar-refractivity contribution in [3.63, 3.8) is 0 Å². The van der Waals surface area contributed by atoms with Crippen LogP contribution in [0.25, 0.3) is 10.1 Å². The molecule has 0 saturated heterocycles. The van der Waals surface area contributed by atoms with Gasteiger partial charge in [0.25, 0.3) is 0 Å². The minimum Gasteiger partial charge on any atom is -0.426 e. The number of hydrazine groups is 1. The molecule has 1 aromatic carbocycles. The molecule has 0 radical (unpaired) electrons. The number of amides is 1. The first kappa shape index (κ1) is 24.4. The molecule has 0 bridgehead atoms. The number of hydrogen-bond donors (Lipinski definition) is 5. The molecular formula is C22H29BN4O3S. The van der Waals surface area contributed by atoms with Crippen molar-refractivity contribution in [3.8, 4) is 0 Å². The molecule has 0 unspecified atom stereocenters. The minimum atomic E-state index is -1.68. The summed E-state index contributed by atoms with van der Waals surface area (Å²) in [7, 11) is -1.68. The van der Waals surface area contributed by atoms with Crippen molar-refractivity contribution in [1.82, 2.24) is 10.3 Å². The smallest absolute Gasteiger partial charge is 0.426 e. The van der Waals surface area contributed by atoms with Crippen LogP contribution in [0.15, 0.2) is 78.0 Å². The average molecular weight is 440 g/mol. The molecule has 0 aliphatic carbocycles. The summed E-state index contributed by atoms with van der Waals surface area (Å²) < 4.78 is 1.11. The van der Waals surface area contributed by atoms with E-state index in [-0.39, 0.29) is 18.9 Å². The Balaban J connectivity index is 1.95. The maximum Gasteiger partial charge on any atom is 0.475 e. The number of thiophene rings is 1. The first-order valence-corrected chi connectivity index (χ1v) is 10.8. The number of rotatable bonds is 11. The van der Waals surface area contributed by atoms with E-state index in [1.165, 1.54) is 5.01 Å². The SMILES string of the molecule is C=C/C=C(\C=C/C)C(/N)=C/N(N)CCC(=O)N[C@@H](Cc1csc2ccccc12)B(O)O. The number of benzene rings is 1. The van der Waals surface area contributed by atoms with Crippen LogP contribution in [0.4, 0.5) is 0 Å². The Kier molecular flexibility index (Phi) is 9.55. The summed E-state index contributed by atoms with van der Waals surface area (Å²) in [5.41, 5.74) is 8.20. The Morgan fingerprint density at radius 1 is 1.39 bits per heavy atom. The highest BCUT2D eigenvalue weighted by molar-refractivity contribution is 7.17. The van der Waals surface area contributed by atoms with Crippen LogP contribution in [-0.4, -0.2) is 40.6 Å². The number of nitrogens with zero attached hydrogens (tertiary/aromatic N) is 1. The lowest BCUT2D eigenvalue weighted by atomic mass is 9.76. The van der Waals surface area contributed by atoms with Gasteiger partial charge in [-0.15, -0.1) is 11.3 Å². The molecule has 0 aliphatic rings. The topological polar surface area (TPSA) is 125 Å². The molecule has 0 aliphatic heterocycles. The molecule has 7 nitrogen and oxygen atoms in total. The molecule has 31 heavy (non-hydrogen) atoms.